The van der Waals surface area contributed by atoms with Crippen molar-refractivity contribution in [1.82, 2.24) is 15.5 Å². The van der Waals surface area contributed by atoms with Gasteiger partial charge in [0.25, 0.3) is 0 Å². The minimum Gasteiger partial charge on any atom is -0.356 e. The minimum atomic E-state index is 0.191. The van der Waals surface area contributed by atoms with Crippen LogP contribution in [0.1, 0.15) is 39.5 Å². The summed E-state index contributed by atoms with van der Waals surface area (Å²) in [5.41, 5.74) is 0. The first kappa shape index (κ1) is 14.5. The standard InChI is InChI=1S/C13H27N3O/c1-11(2)16(3)9-5-8-15-13(17)10-12-6-4-7-14-12/h11-12,14H,4-10H2,1-3H3,(H,15,17). The van der Waals surface area contributed by atoms with Crippen LogP contribution in [0, 0.1) is 0 Å². The molecule has 17 heavy (non-hydrogen) atoms. The Bertz CT molecular complexity index is 225. The van der Waals surface area contributed by atoms with Crippen LogP contribution in [0.2, 0.25) is 0 Å². The van der Waals surface area contributed by atoms with Gasteiger partial charge in [-0.1, -0.05) is 0 Å². The van der Waals surface area contributed by atoms with Crippen molar-refractivity contribution in [3.63, 3.8) is 0 Å². The molecular weight excluding hydrogens is 214 g/mol. The van der Waals surface area contributed by atoms with Crippen molar-refractivity contribution >= 4 is 5.91 Å². The molecule has 100 valence electrons. The Morgan fingerprint density at radius 3 is 2.88 bits per heavy atom. The van der Waals surface area contributed by atoms with Crippen molar-refractivity contribution in [2.75, 3.05) is 26.7 Å². The quantitative estimate of drug-likeness (QED) is 0.653. The van der Waals surface area contributed by atoms with E-state index in [4.69, 9.17) is 0 Å². The number of nitrogens with one attached hydrogen (secondary N) is 2. The normalized spacial score (nSPS) is 20.2. The lowest BCUT2D eigenvalue weighted by Gasteiger charge is -2.20. The second-order valence-electron chi connectivity index (χ2n) is 5.28. The van der Waals surface area contributed by atoms with Gasteiger partial charge in [0, 0.05) is 25.0 Å². The zero-order valence-corrected chi connectivity index (χ0v) is 11.5. The Labute approximate surface area is 105 Å². The predicted octanol–water partition coefficient (Wildman–Crippen LogP) is 0.975. The van der Waals surface area contributed by atoms with Crippen LogP contribution < -0.4 is 10.6 Å². The van der Waals surface area contributed by atoms with Crippen molar-refractivity contribution in [2.45, 2.75) is 51.6 Å². The first-order valence-corrected chi connectivity index (χ1v) is 6.80. The van der Waals surface area contributed by atoms with Gasteiger partial charge in [-0.3, -0.25) is 4.79 Å². The fraction of sp³-hybridized carbons (Fsp3) is 0.923. The third-order valence-corrected chi connectivity index (χ3v) is 3.49. The first-order chi connectivity index (χ1) is 8.09. The number of carbonyl (C=O) groups excluding carboxylic acids is 1. The van der Waals surface area contributed by atoms with Crippen molar-refractivity contribution < 1.29 is 4.79 Å². The second kappa shape index (κ2) is 7.67. The summed E-state index contributed by atoms with van der Waals surface area (Å²) in [6.45, 7) is 7.27. The van der Waals surface area contributed by atoms with Gasteiger partial charge in [-0.2, -0.15) is 0 Å². The maximum Gasteiger partial charge on any atom is 0.221 e. The van der Waals surface area contributed by atoms with Gasteiger partial charge in [0.2, 0.25) is 5.91 Å². The summed E-state index contributed by atoms with van der Waals surface area (Å²) in [4.78, 5) is 13.9. The van der Waals surface area contributed by atoms with E-state index in [0.717, 1.165) is 32.5 Å². The second-order valence-corrected chi connectivity index (χ2v) is 5.28. The fourth-order valence-corrected chi connectivity index (χ4v) is 2.04. The Kier molecular flexibility index (Phi) is 6.52. The molecule has 0 saturated carbocycles. The number of amides is 1. The molecule has 1 fully saturated rings. The molecule has 1 aliphatic rings. The molecule has 1 rings (SSSR count). The Hall–Kier alpha value is -0.610. The molecule has 4 heteroatoms. The van der Waals surface area contributed by atoms with Crippen LogP contribution in [0.3, 0.4) is 0 Å². The summed E-state index contributed by atoms with van der Waals surface area (Å²) in [5.74, 6) is 0.191. The molecule has 2 N–H and O–H groups in total. The van der Waals surface area contributed by atoms with E-state index >= 15 is 0 Å². The molecule has 0 aromatic rings. The van der Waals surface area contributed by atoms with Crippen LogP contribution in [0.25, 0.3) is 0 Å². The van der Waals surface area contributed by atoms with E-state index in [1.807, 2.05) is 0 Å². The third kappa shape index (κ3) is 6.03. The predicted molar refractivity (Wildman–Crippen MR) is 71.0 cm³/mol. The monoisotopic (exact) mass is 241 g/mol. The largest absolute Gasteiger partial charge is 0.356 e. The molecule has 1 unspecified atom stereocenters. The molecule has 0 aromatic carbocycles. The topological polar surface area (TPSA) is 44.4 Å². The van der Waals surface area contributed by atoms with Crippen LogP contribution in [0.4, 0.5) is 0 Å². The average molecular weight is 241 g/mol. The van der Waals surface area contributed by atoms with E-state index in [0.29, 0.717) is 18.5 Å². The Balaban J connectivity index is 2.00. The summed E-state index contributed by atoms with van der Waals surface area (Å²) >= 11 is 0. The van der Waals surface area contributed by atoms with Crippen molar-refractivity contribution in [2.24, 2.45) is 0 Å². The van der Waals surface area contributed by atoms with Crippen molar-refractivity contribution in [3.05, 3.63) is 0 Å². The highest BCUT2D eigenvalue weighted by molar-refractivity contribution is 5.76. The smallest absolute Gasteiger partial charge is 0.221 e. The molecule has 0 radical (unpaired) electrons. The van der Waals surface area contributed by atoms with Gasteiger partial charge >= 0.3 is 0 Å². The maximum absolute atomic E-state index is 11.6. The zero-order valence-electron chi connectivity index (χ0n) is 11.5. The van der Waals surface area contributed by atoms with Gasteiger partial charge in [0.15, 0.2) is 0 Å². The number of hydrogen-bond donors (Lipinski definition) is 2. The van der Waals surface area contributed by atoms with Gasteiger partial charge in [-0.15, -0.1) is 0 Å². The number of carbonyl (C=O) groups is 1. The molecule has 4 nitrogen and oxygen atoms in total. The molecule has 1 aliphatic heterocycles. The fourth-order valence-electron chi connectivity index (χ4n) is 2.04. The number of hydrogen-bond acceptors (Lipinski definition) is 3. The summed E-state index contributed by atoms with van der Waals surface area (Å²) < 4.78 is 0. The van der Waals surface area contributed by atoms with E-state index in [1.54, 1.807) is 0 Å². The van der Waals surface area contributed by atoms with Crippen molar-refractivity contribution in [1.29, 1.82) is 0 Å². The third-order valence-electron chi connectivity index (χ3n) is 3.49. The lowest BCUT2D eigenvalue weighted by atomic mass is 10.1. The summed E-state index contributed by atoms with van der Waals surface area (Å²) in [6.07, 6.45) is 4.01. The number of nitrogens with zero attached hydrogens (tertiary/aromatic N) is 1. The summed E-state index contributed by atoms with van der Waals surface area (Å²) in [6, 6.07) is 0.988. The van der Waals surface area contributed by atoms with Gasteiger partial charge in [-0.05, 0) is 53.2 Å². The Morgan fingerprint density at radius 2 is 2.29 bits per heavy atom. The van der Waals surface area contributed by atoms with Crippen molar-refractivity contribution in [3.8, 4) is 0 Å². The number of rotatable bonds is 7. The van der Waals surface area contributed by atoms with Crippen LogP contribution in [-0.4, -0.2) is 49.6 Å². The van der Waals surface area contributed by atoms with Gasteiger partial charge in [0.1, 0.15) is 0 Å². The van der Waals surface area contributed by atoms with Crippen LogP contribution in [0.5, 0.6) is 0 Å². The minimum absolute atomic E-state index is 0.191. The van der Waals surface area contributed by atoms with Crippen LogP contribution >= 0.6 is 0 Å². The van der Waals surface area contributed by atoms with E-state index in [-0.39, 0.29) is 5.91 Å². The highest BCUT2D eigenvalue weighted by atomic mass is 16.1. The Morgan fingerprint density at radius 1 is 1.53 bits per heavy atom. The molecule has 0 aromatic heterocycles. The molecule has 0 spiro atoms. The molecule has 0 bridgehead atoms. The van der Waals surface area contributed by atoms with E-state index < -0.39 is 0 Å². The molecule has 1 amide bonds. The highest BCUT2D eigenvalue weighted by Crippen LogP contribution is 2.08. The van der Waals surface area contributed by atoms with E-state index in [1.165, 1.54) is 6.42 Å². The van der Waals surface area contributed by atoms with Crippen LogP contribution in [0.15, 0.2) is 0 Å². The van der Waals surface area contributed by atoms with Gasteiger partial charge in [0.05, 0.1) is 0 Å². The van der Waals surface area contributed by atoms with Gasteiger partial charge in [-0.25, -0.2) is 0 Å². The summed E-state index contributed by atoms with van der Waals surface area (Å²) in [5, 5.41) is 6.34. The summed E-state index contributed by atoms with van der Waals surface area (Å²) in [7, 11) is 2.12. The van der Waals surface area contributed by atoms with E-state index in [2.05, 4.69) is 36.4 Å². The molecular formula is C13H27N3O. The van der Waals surface area contributed by atoms with E-state index in [9.17, 15) is 4.79 Å². The molecule has 1 saturated heterocycles. The van der Waals surface area contributed by atoms with Gasteiger partial charge < -0.3 is 15.5 Å². The SMILES string of the molecule is CC(C)N(C)CCCNC(=O)CC1CCCN1. The lowest BCUT2D eigenvalue weighted by molar-refractivity contribution is -0.121. The average Bonchev–Trinajstić information content (AvgIpc) is 2.76. The highest BCUT2D eigenvalue weighted by Gasteiger charge is 2.17. The zero-order chi connectivity index (χ0) is 12.7. The van der Waals surface area contributed by atoms with Crippen LogP contribution in [-0.2, 0) is 4.79 Å². The molecule has 1 atom stereocenters. The molecule has 1 heterocycles. The maximum atomic E-state index is 11.6. The first-order valence-electron chi connectivity index (χ1n) is 6.80. The molecule has 0 aliphatic carbocycles. The lowest BCUT2D eigenvalue weighted by Crippen LogP contribution is -2.34.